The first-order valence-electron chi connectivity index (χ1n) is 11.3. The molecule has 0 saturated heterocycles. The monoisotopic (exact) mass is 435 g/mol. The van der Waals surface area contributed by atoms with Crippen LogP contribution in [0.3, 0.4) is 0 Å². The fourth-order valence-electron chi connectivity index (χ4n) is 3.52. The molecule has 0 aliphatic carbocycles. The Hall–Kier alpha value is -2.55. The van der Waals surface area contributed by atoms with Gasteiger partial charge in [-0.2, -0.15) is 0 Å². The van der Waals surface area contributed by atoms with Gasteiger partial charge in [-0.1, -0.05) is 88.4 Å². The number of benzene rings is 2. The molecule has 32 heavy (non-hydrogen) atoms. The van der Waals surface area contributed by atoms with Gasteiger partial charge in [0.25, 0.3) is 0 Å². The van der Waals surface area contributed by atoms with Crippen LogP contribution >= 0.6 is 0 Å². The van der Waals surface area contributed by atoms with Crippen molar-refractivity contribution < 1.29 is 0 Å². The van der Waals surface area contributed by atoms with E-state index in [1.54, 1.807) is 0 Å². The molecule has 3 nitrogen and oxygen atoms in total. The Bertz CT molecular complexity index is 1010. The summed E-state index contributed by atoms with van der Waals surface area (Å²) in [6.45, 7) is 17.6. The molecule has 2 aromatic carbocycles. The molecule has 0 spiro atoms. The maximum Gasteiger partial charge on any atom is 0.109 e. The smallest absolute Gasteiger partial charge is 0.109 e. The summed E-state index contributed by atoms with van der Waals surface area (Å²) in [6.07, 6.45) is 0. The summed E-state index contributed by atoms with van der Waals surface area (Å²) >= 11 is 0. The molecule has 176 valence electrons. The van der Waals surface area contributed by atoms with E-state index in [-0.39, 0.29) is 14.9 Å². The molecule has 4 rings (SSSR count). The Morgan fingerprint density at radius 1 is 0.594 bits per heavy atom. The lowest BCUT2D eigenvalue weighted by Crippen LogP contribution is -1.88. The van der Waals surface area contributed by atoms with Crippen molar-refractivity contribution >= 4 is 21.9 Å². The molecule has 0 radical (unpaired) electrons. The average molecular weight is 436 g/mol. The lowest BCUT2D eigenvalue weighted by Gasteiger charge is -2.04. The average Bonchev–Trinajstić information content (AvgIpc) is 3.31. The number of fused-ring (bicyclic) bond motifs is 2. The minimum Gasteiger partial charge on any atom is -0.358 e. The van der Waals surface area contributed by atoms with Gasteiger partial charge in [-0.3, -0.25) is 0 Å². The number of aromatic amines is 2. The third kappa shape index (κ3) is 6.25. The highest BCUT2D eigenvalue weighted by molar-refractivity contribution is 5.81. The quantitative estimate of drug-likeness (QED) is 0.329. The second kappa shape index (κ2) is 11.4. The summed E-state index contributed by atoms with van der Waals surface area (Å²) in [7, 11) is 0. The van der Waals surface area contributed by atoms with Crippen LogP contribution in [0, 0.1) is 0 Å². The molecule has 0 aliphatic rings. The van der Waals surface area contributed by atoms with Gasteiger partial charge >= 0.3 is 0 Å². The van der Waals surface area contributed by atoms with Crippen LogP contribution in [-0.4, -0.2) is 15.0 Å². The fourth-order valence-corrected chi connectivity index (χ4v) is 3.52. The first kappa shape index (κ1) is 27.5. The van der Waals surface area contributed by atoms with Gasteiger partial charge in [0.2, 0.25) is 0 Å². The molecule has 0 atom stereocenters. The van der Waals surface area contributed by atoms with Crippen LogP contribution in [-0.2, 0) is 0 Å². The summed E-state index contributed by atoms with van der Waals surface area (Å²) in [5.74, 6) is 3.27. The predicted octanol–water partition coefficient (Wildman–Crippen LogP) is 9.50. The highest BCUT2D eigenvalue weighted by atomic mass is 14.9. The molecule has 4 aromatic rings. The molecule has 0 bridgehead atoms. The number of rotatable bonds is 4. The number of nitrogens with one attached hydrogen (secondary N) is 2. The number of imidazole rings is 1. The van der Waals surface area contributed by atoms with E-state index >= 15 is 0 Å². The van der Waals surface area contributed by atoms with Gasteiger partial charge in [0.05, 0.1) is 11.0 Å². The van der Waals surface area contributed by atoms with Crippen molar-refractivity contribution in [3.8, 4) is 0 Å². The lowest BCUT2D eigenvalue weighted by molar-refractivity contribution is 0.799. The van der Waals surface area contributed by atoms with Crippen LogP contribution in [0.15, 0.2) is 42.5 Å². The third-order valence-electron chi connectivity index (χ3n) is 5.69. The van der Waals surface area contributed by atoms with Crippen LogP contribution < -0.4 is 0 Å². The topological polar surface area (TPSA) is 44.5 Å². The molecule has 3 heteroatoms. The Morgan fingerprint density at radius 2 is 1.16 bits per heavy atom. The minimum atomic E-state index is 0. The van der Waals surface area contributed by atoms with E-state index in [9.17, 15) is 0 Å². The van der Waals surface area contributed by atoms with Gasteiger partial charge in [-0.05, 0) is 58.5 Å². The van der Waals surface area contributed by atoms with Crippen LogP contribution in [0.4, 0.5) is 0 Å². The predicted molar refractivity (Wildman–Crippen MR) is 144 cm³/mol. The molecule has 2 heterocycles. The molecule has 2 aromatic heterocycles. The van der Waals surface area contributed by atoms with E-state index in [4.69, 9.17) is 0 Å². The fraction of sp³-hybridized carbons (Fsp3) is 0.483. The SMILES string of the molecule is C.C.CC(C)c1ccc2cc(C(C)C)[nH]c2c1.CC(C)c1ccc2nc(C(C)C)[nH]c2c1. The Balaban J connectivity index is 0.000000301. The standard InChI is InChI=1S/C14H19N.C13H18N2.2CH4/c1-9(2)11-5-6-12-8-13(10(3)4)15-14(12)7-11;1-8(2)10-5-6-11-12(7-10)15-13(14-11)9(3)4;;/h5-10,15H,1-4H3;5-9H,1-4H3,(H,14,15);2*1H4. The zero-order valence-electron chi connectivity index (χ0n) is 19.8. The minimum absolute atomic E-state index is 0. The first-order valence-corrected chi connectivity index (χ1v) is 11.3. The van der Waals surface area contributed by atoms with Gasteiger partial charge < -0.3 is 9.97 Å². The van der Waals surface area contributed by atoms with Crippen molar-refractivity contribution in [2.75, 3.05) is 0 Å². The number of nitrogens with zero attached hydrogens (tertiary/aromatic N) is 1. The number of H-pyrrole nitrogens is 2. The number of hydrogen-bond donors (Lipinski definition) is 2. The van der Waals surface area contributed by atoms with E-state index in [0.717, 1.165) is 16.9 Å². The highest BCUT2D eigenvalue weighted by Crippen LogP contribution is 2.25. The molecule has 0 unspecified atom stereocenters. The van der Waals surface area contributed by atoms with Crippen molar-refractivity contribution in [3.05, 3.63) is 65.1 Å². The molecule has 2 N–H and O–H groups in total. The Labute approximate surface area is 196 Å². The summed E-state index contributed by atoms with van der Waals surface area (Å²) in [5.41, 5.74) is 7.59. The summed E-state index contributed by atoms with van der Waals surface area (Å²) in [6, 6.07) is 15.4. The number of hydrogen-bond acceptors (Lipinski definition) is 1. The van der Waals surface area contributed by atoms with Crippen LogP contribution in [0.25, 0.3) is 21.9 Å². The van der Waals surface area contributed by atoms with Crippen LogP contribution in [0.5, 0.6) is 0 Å². The highest BCUT2D eigenvalue weighted by Gasteiger charge is 2.08. The second-order valence-corrected chi connectivity index (χ2v) is 9.59. The third-order valence-corrected chi connectivity index (χ3v) is 5.69. The van der Waals surface area contributed by atoms with Crippen molar-refractivity contribution in [1.82, 2.24) is 15.0 Å². The van der Waals surface area contributed by atoms with Gasteiger partial charge in [0.1, 0.15) is 5.82 Å². The normalized spacial score (nSPS) is 11.1. The molecular formula is C29H45N3. The summed E-state index contributed by atoms with van der Waals surface area (Å²) in [5, 5.41) is 1.32. The van der Waals surface area contributed by atoms with Gasteiger partial charge in [-0.25, -0.2) is 4.98 Å². The van der Waals surface area contributed by atoms with Gasteiger partial charge in [0, 0.05) is 17.1 Å². The maximum atomic E-state index is 4.56. The van der Waals surface area contributed by atoms with Crippen molar-refractivity contribution in [3.63, 3.8) is 0 Å². The second-order valence-electron chi connectivity index (χ2n) is 9.59. The van der Waals surface area contributed by atoms with E-state index in [1.165, 1.54) is 27.7 Å². The van der Waals surface area contributed by atoms with Gasteiger partial charge in [-0.15, -0.1) is 0 Å². The maximum absolute atomic E-state index is 4.56. The van der Waals surface area contributed by atoms with Gasteiger partial charge in [0.15, 0.2) is 0 Å². The molecular weight excluding hydrogens is 390 g/mol. The lowest BCUT2D eigenvalue weighted by atomic mass is 10.0. The van der Waals surface area contributed by atoms with E-state index < -0.39 is 0 Å². The molecule has 0 saturated carbocycles. The molecule has 0 aliphatic heterocycles. The van der Waals surface area contributed by atoms with Crippen LogP contribution in [0.2, 0.25) is 0 Å². The van der Waals surface area contributed by atoms with Crippen molar-refractivity contribution in [1.29, 1.82) is 0 Å². The van der Waals surface area contributed by atoms with Crippen molar-refractivity contribution in [2.45, 2.75) is 93.9 Å². The van der Waals surface area contributed by atoms with E-state index in [1.807, 2.05) is 0 Å². The molecule has 0 amide bonds. The van der Waals surface area contributed by atoms with Crippen molar-refractivity contribution in [2.24, 2.45) is 0 Å². The molecule has 0 fully saturated rings. The largest absolute Gasteiger partial charge is 0.358 e. The Kier molecular flexibility index (Phi) is 9.75. The number of aromatic nitrogens is 3. The van der Waals surface area contributed by atoms with Crippen LogP contribution in [0.1, 0.15) is 117 Å². The van der Waals surface area contributed by atoms with E-state index in [0.29, 0.717) is 23.7 Å². The van der Waals surface area contributed by atoms with E-state index in [2.05, 4.69) is 113 Å². The summed E-state index contributed by atoms with van der Waals surface area (Å²) in [4.78, 5) is 11.4. The zero-order chi connectivity index (χ0) is 22.0. The first-order chi connectivity index (χ1) is 14.2. The zero-order valence-corrected chi connectivity index (χ0v) is 19.8. The summed E-state index contributed by atoms with van der Waals surface area (Å²) < 4.78 is 0. The Morgan fingerprint density at radius 3 is 1.69 bits per heavy atom.